The molecule has 1 spiro atoms. The van der Waals surface area contributed by atoms with Crippen LogP contribution in [0, 0.1) is 5.41 Å². The quantitative estimate of drug-likeness (QED) is 0.294. The average molecular weight is 754 g/mol. The summed E-state index contributed by atoms with van der Waals surface area (Å²) in [6.45, 7) is 6.03. The lowest BCUT2D eigenvalue weighted by molar-refractivity contribution is -0.139. The molecule has 1 aromatic heterocycles. The molecule has 0 saturated carbocycles. The maximum absolute atomic E-state index is 14.2. The monoisotopic (exact) mass is 753 g/mol. The second-order valence-electron chi connectivity index (χ2n) is 15.6. The zero-order chi connectivity index (χ0) is 37.5. The minimum Gasteiger partial charge on any atom is -0.378 e. The van der Waals surface area contributed by atoms with Crippen LogP contribution in [-0.2, 0) is 29.4 Å². The first kappa shape index (κ1) is 37.4. The highest BCUT2D eigenvalue weighted by Gasteiger charge is 2.41. The fourth-order valence-electron chi connectivity index (χ4n) is 8.86. The summed E-state index contributed by atoms with van der Waals surface area (Å²) in [6, 6.07) is 13.4. The fraction of sp³-hybridized carbons (Fsp3) is 0.538. The van der Waals surface area contributed by atoms with E-state index >= 15 is 0 Å². The third-order valence-electron chi connectivity index (χ3n) is 12.0. The standard InChI is InChI=1S/C39H47ClF3N7O3/c1-47-23-27(19-28(24-47)45-33-21-44-48(2)37(53)35(33)40)26-5-3-25(4-6-26)22-49-15-11-38(12-16-49)13-17-50(18-14-38)29-7-8-30(32(20-29)39(41,42)43)31-9-10-34(51)46-36(31)52/h3-8,20-21,27-28,31,45H,9-19,22-24H2,1-2H3,(H,46,51,52). The molecule has 0 radical (unpaired) electrons. The van der Waals surface area contributed by atoms with Crippen molar-refractivity contribution in [1.29, 1.82) is 0 Å². The van der Waals surface area contributed by atoms with Crippen LogP contribution in [-0.4, -0.2) is 83.8 Å². The first-order valence-corrected chi connectivity index (χ1v) is 18.9. The molecule has 3 atom stereocenters. The van der Waals surface area contributed by atoms with Gasteiger partial charge in [0.1, 0.15) is 5.02 Å². The molecule has 4 aliphatic rings. The maximum atomic E-state index is 14.2. The van der Waals surface area contributed by atoms with Crippen molar-refractivity contribution in [2.24, 2.45) is 12.5 Å². The van der Waals surface area contributed by atoms with Gasteiger partial charge >= 0.3 is 6.18 Å². The van der Waals surface area contributed by atoms with Crippen molar-refractivity contribution >= 4 is 34.8 Å². The number of hydrogen-bond acceptors (Lipinski definition) is 8. The molecule has 2 aromatic carbocycles. The Balaban J connectivity index is 0.913. The van der Waals surface area contributed by atoms with Gasteiger partial charge in [0, 0.05) is 57.9 Å². The number of amides is 2. The number of halogens is 4. The number of benzene rings is 2. The number of imide groups is 1. The van der Waals surface area contributed by atoms with Gasteiger partial charge in [-0.3, -0.25) is 24.6 Å². The molecule has 4 aliphatic heterocycles. The van der Waals surface area contributed by atoms with E-state index < -0.39 is 29.5 Å². The number of piperidine rings is 4. The van der Waals surface area contributed by atoms with Crippen molar-refractivity contribution in [2.45, 2.75) is 75.5 Å². The lowest BCUT2D eigenvalue weighted by Crippen LogP contribution is -2.46. The van der Waals surface area contributed by atoms with Gasteiger partial charge in [0.25, 0.3) is 5.56 Å². The van der Waals surface area contributed by atoms with Crippen LogP contribution in [0.2, 0.25) is 5.02 Å². The van der Waals surface area contributed by atoms with E-state index in [2.05, 4.69) is 56.8 Å². The van der Waals surface area contributed by atoms with Gasteiger partial charge in [-0.25, -0.2) is 4.68 Å². The second kappa shape index (κ2) is 15.1. The molecule has 53 heavy (non-hydrogen) atoms. The molecule has 3 aromatic rings. The summed E-state index contributed by atoms with van der Waals surface area (Å²) in [7, 11) is 3.69. The van der Waals surface area contributed by atoms with Crippen molar-refractivity contribution in [3.05, 3.63) is 86.3 Å². The van der Waals surface area contributed by atoms with Crippen molar-refractivity contribution < 1.29 is 22.8 Å². The third kappa shape index (κ3) is 8.27. The Bertz CT molecular complexity index is 1880. The molecule has 7 rings (SSSR count). The number of hydrogen-bond donors (Lipinski definition) is 2. The van der Waals surface area contributed by atoms with Gasteiger partial charge in [-0.1, -0.05) is 41.9 Å². The number of nitrogens with zero attached hydrogens (tertiary/aromatic N) is 5. The first-order valence-electron chi connectivity index (χ1n) is 18.5. The number of anilines is 2. The van der Waals surface area contributed by atoms with Crippen LogP contribution in [0.5, 0.6) is 0 Å². The highest BCUT2D eigenvalue weighted by atomic mass is 35.5. The van der Waals surface area contributed by atoms with E-state index in [9.17, 15) is 27.6 Å². The molecule has 4 saturated heterocycles. The van der Waals surface area contributed by atoms with Crippen LogP contribution < -0.4 is 21.1 Å². The Hall–Kier alpha value is -3.94. The maximum Gasteiger partial charge on any atom is 0.416 e. The molecule has 5 heterocycles. The van der Waals surface area contributed by atoms with E-state index in [1.807, 2.05) is 4.90 Å². The molecule has 4 fully saturated rings. The number of alkyl halides is 3. The van der Waals surface area contributed by atoms with Crippen molar-refractivity contribution in [3.63, 3.8) is 0 Å². The number of carbonyl (C=O) groups is 2. The Morgan fingerprint density at radius 3 is 2.34 bits per heavy atom. The Labute approximate surface area is 312 Å². The molecule has 2 amide bonds. The summed E-state index contributed by atoms with van der Waals surface area (Å²) in [5.41, 5.74) is 2.68. The van der Waals surface area contributed by atoms with E-state index in [-0.39, 0.29) is 40.4 Å². The van der Waals surface area contributed by atoms with Gasteiger partial charge in [-0.15, -0.1) is 0 Å². The van der Waals surface area contributed by atoms with Crippen LogP contribution >= 0.6 is 11.6 Å². The Morgan fingerprint density at radius 1 is 0.962 bits per heavy atom. The summed E-state index contributed by atoms with van der Waals surface area (Å²) in [5.74, 6) is -1.76. The number of likely N-dealkylation sites (N-methyl/N-ethyl adjacent to an activating group) is 1. The van der Waals surface area contributed by atoms with Crippen LogP contribution in [0.1, 0.15) is 79.0 Å². The summed E-state index contributed by atoms with van der Waals surface area (Å²) in [4.78, 5) is 43.1. The highest BCUT2D eigenvalue weighted by Crippen LogP contribution is 2.44. The van der Waals surface area contributed by atoms with Gasteiger partial charge in [-0.05, 0) is 98.8 Å². The number of carbonyl (C=O) groups excluding carboxylic acids is 2. The van der Waals surface area contributed by atoms with Gasteiger partial charge in [0.15, 0.2) is 0 Å². The first-order chi connectivity index (χ1) is 25.3. The van der Waals surface area contributed by atoms with Gasteiger partial charge in [0.05, 0.1) is 23.4 Å². The largest absolute Gasteiger partial charge is 0.416 e. The minimum atomic E-state index is -4.61. The molecular weight excluding hydrogens is 707 g/mol. The molecule has 10 nitrogen and oxygen atoms in total. The van der Waals surface area contributed by atoms with E-state index in [1.54, 1.807) is 19.3 Å². The summed E-state index contributed by atoms with van der Waals surface area (Å²) < 4.78 is 43.9. The number of aryl methyl sites for hydroxylation is 1. The second-order valence-corrected chi connectivity index (χ2v) is 16.0. The predicted molar refractivity (Wildman–Crippen MR) is 198 cm³/mol. The summed E-state index contributed by atoms with van der Waals surface area (Å²) >= 11 is 6.32. The van der Waals surface area contributed by atoms with E-state index in [0.29, 0.717) is 30.4 Å². The van der Waals surface area contributed by atoms with Crippen molar-refractivity contribution in [2.75, 3.05) is 56.5 Å². The number of nitrogens with one attached hydrogen (secondary N) is 2. The normalized spacial score (nSPS) is 24.3. The molecule has 14 heteroatoms. The number of aromatic nitrogens is 2. The van der Waals surface area contributed by atoms with Gasteiger partial charge in [-0.2, -0.15) is 18.3 Å². The lowest BCUT2D eigenvalue weighted by Gasteiger charge is -2.47. The molecule has 2 N–H and O–H groups in total. The van der Waals surface area contributed by atoms with Gasteiger partial charge < -0.3 is 15.1 Å². The van der Waals surface area contributed by atoms with E-state index in [4.69, 9.17) is 11.6 Å². The zero-order valence-corrected chi connectivity index (χ0v) is 31.0. The highest BCUT2D eigenvalue weighted by molar-refractivity contribution is 6.32. The van der Waals surface area contributed by atoms with Gasteiger partial charge in [0.2, 0.25) is 11.8 Å². The third-order valence-corrected chi connectivity index (χ3v) is 12.4. The minimum absolute atomic E-state index is 0.0293. The topological polar surface area (TPSA) is 103 Å². The van der Waals surface area contributed by atoms with E-state index in [0.717, 1.165) is 64.8 Å². The molecule has 0 bridgehead atoms. The van der Waals surface area contributed by atoms with Crippen molar-refractivity contribution in [1.82, 2.24) is 24.9 Å². The Kier molecular flexibility index (Phi) is 10.6. The molecule has 3 unspecified atom stereocenters. The summed E-state index contributed by atoms with van der Waals surface area (Å²) in [5, 5.41) is 9.91. The van der Waals surface area contributed by atoms with Crippen LogP contribution in [0.25, 0.3) is 0 Å². The number of likely N-dealkylation sites (tertiary alicyclic amines) is 2. The van der Waals surface area contributed by atoms with Crippen molar-refractivity contribution in [3.8, 4) is 0 Å². The predicted octanol–water partition coefficient (Wildman–Crippen LogP) is 5.76. The SMILES string of the molecule is CN1CC(Nc2cnn(C)c(=O)c2Cl)CC(c2ccc(CN3CCC4(CC3)CCN(c3ccc(C5CCC(=O)NC5=O)c(C(F)(F)F)c3)CC4)cc2)C1. The van der Waals surface area contributed by atoms with Crippen LogP contribution in [0.3, 0.4) is 0 Å². The van der Waals surface area contributed by atoms with E-state index in [1.165, 1.54) is 27.9 Å². The molecule has 284 valence electrons. The van der Waals surface area contributed by atoms with Crippen LogP contribution in [0.15, 0.2) is 53.5 Å². The smallest absolute Gasteiger partial charge is 0.378 e. The number of rotatable bonds is 7. The Morgan fingerprint density at radius 2 is 1.66 bits per heavy atom. The van der Waals surface area contributed by atoms with Crippen LogP contribution in [0.4, 0.5) is 24.5 Å². The molecule has 0 aliphatic carbocycles. The summed E-state index contributed by atoms with van der Waals surface area (Å²) in [6.07, 6.45) is 2.02. The average Bonchev–Trinajstić information content (AvgIpc) is 3.13. The zero-order valence-electron chi connectivity index (χ0n) is 30.2. The lowest BCUT2D eigenvalue weighted by atomic mass is 9.71. The fourth-order valence-corrected chi connectivity index (χ4v) is 9.08. The molecular formula is C39H47ClF3N7O3.